The third-order valence-electron chi connectivity index (χ3n) is 2.35. The number of aliphatic hydroxyl groups is 1. The number of nitrogens with one attached hydrogen (secondary N) is 1. The van der Waals surface area contributed by atoms with E-state index in [9.17, 15) is 5.11 Å². The van der Waals surface area contributed by atoms with E-state index in [2.05, 4.69) is 24.1 Å². The standard InChI is InChI=1S/C12H21N3O2/c1-8(2)6-9(16)7-14-11-5-4-10(13)12(15-11)17-3/h4-5,8-9,16H,6-7,13H2,1-3H3,(H,14,15). The number of hydrogen-bond donors (Lipinski definition) is 3. The van der Waals surface area contributed by atoms with Crippen LogP contribution in [0.25, 0.3) is 0 Å². The summed E-state index contributed by atoms with van der Waals surface area (Å²) in [4.78, 5) is 4.17. The van der Waals surface area contributed by atoms with Crippen molar-refractivity contribution >= 4 is 11.5 Å². The average Bonchev–Trinajstić information content (AvgIpc) is 2.27. The van der Waals surface area contributed by atoms with Crippen molar-refractivity contribution in [3.63, 3.8) is 0 Å². The smallest absolute Gasteiger partial charge is 0.238 e. The lowest BCUT2D eigenvalue weighted by Gasteiger charge is -2.14. The molecule has 1 atom stereocenters. The van der Waals surface area contributed by atoms with Crippen molar-refractivity contribution in [1.82, 2.24) is 4.98 Å². The maximum Gasteiger partial charge on any atom is 0.238 e. The average molecular weight is 239 g/mol. The monoisotopic (exact) mass is 239 g/mol. The lowest BCUT2D eigenvalue weighted by molar-refractivity contribution is 0.161. The Morgan fingerprint density at radius 3 is 2.76 bits per heavy atom. The van der Waals surface area contributed by atoms with Gasteiger partial charge >= 0.3 is 0 Å². The predicted octanol–water partition coefficient (Wildman–Crippen LogP) is 1.49. The maximum absolute atomic E-state index is 9.72. The summed E-state index contributed by atoms with van der Waals surface area (Å²) in [5, 5.41) is 12.8. The van der Waals surface area contributed by atoms with Crippen molar-refractivity contribution in [3.05, 3.63) is 12.1 Å². The first-order valence-corrected chi connectivity index (χ1v) is 5.75. The summed E-state index contributed by atoms with van der Waals surface area (Å²) in [5.41, 5.74) is 6.16. The van der Waals surface area contributed by atoms with Gasteiger partial charge in [0.05, 0.1) is 18.9 Å². The second-order valence-electron chi connectivity index (χ2n) is 4.46. The molecule has 0 fully saturated rings. The molecule has 0 saturated heterocycles. The van der Waals surface area contributed by atoms with Crippen LogP contribution in [0.2, 0.25) is 0 Å². The first-order valence-electron chi connectivity index (χ1n) is 5.75. The Bertz CT molecular complexity index is 356. The van der Waals surface area contributed by atoms with Crippen LogP contribution in [0.15, 0.2) is 12.1 Å². The number of hydrogen-bond acceptors (Lipinski definition) is 5. The highest BCUT2D eigenvalue weighted by Gasteiger charge is 2.08. The largest absolute Gasteiger partial charge is 0.479 e. The van der Waals surface area contributed by atoms with Crippen LogP contribution in [0.3, 0.4) is 0 Å². The molecule has 5 nitrogen and oxygen atoms in total. The number of pyridine rings is 1. The number of aliphatic hydroxyl groups excluding tert-OH is 1. The van der Waals surface area contributed by atoms with Gasteiger partial charge < -0.3 is 20.9 Å². The fourth-order valence-electron chi connectivity index (χ4n) is 1.56. The topological polar surface area (TPSA) is 80.4 Å². The summed E-state index contributed by atoms with van der Waals surface area (Å²) in [6.45, 7) is 4.62. The molecule has 0 spiro atoms. The summed E-state index contributed by atoms with van der Waals surface area (Å²) >= 11 is 0. The van der Waals surface area contributed by atoms with Gasteiger partial charge in [-0.05, 0) is 24.5 Å². The van der Waals surface area contributed by atoms with E-state index in [0.717, 1.165) is 6.42 Å². The van der Waals surface area contributed by atoms with Crippen LogP contribution in [0.4, 0.5) is 11.5 Å². The second-order valence-corrected chi connectivity index (χ2v) is 4.46. The first-order chi connectivity index (χ1) is 8.02. The van der Waals surface area contributed by atoms with E-state index >= 15 is 0 Å². The molecule has 0 radical (unpaired) electrons. The Hall–Kier alpha value is -1.49. The van der Waals surface area contributed by atoms with E-state index < -0.39 is 0 Å². The van der Waals surface area contributed by atoms with E-state index in [0.29, 0.717) is 29.8 Å². The fraction of sp³-hybridized carbons (Fsp3) is 0.583. The Labute approximate surface area is 102 Å². The van der Waals surface area contributed by atoms with Crippen molar-refractivity contribution in [2.45, 2.75) is 26.4 Å². The summed E-state index contributed by atoms with van der Waals surface area (Å²) < 4.78 is 5.02. The molecule has 0 saturated carbocycles. The van der Waals surface area contributed by atoms with Gasteiger partial charge in [0.2, 0.25) is 5.88 Å². The zero-order chi connectivity index (χ0) is 12.8. The molecule has 0 aliphatic heterocycles. The van der Waals surface area contributed by atoms with Crippen molar-refractivity contribution in [2.75, 3.05) is 24.7 Å². The van der Waals surface area contributed by atoms with Gasteiger partial charge in [-0.3, -0.25) is 0 Å². The van der Waals surface area contributed by atoms with Gasteiger partial charge in [0.25, 0.3) is 0 Å². The third-order valence-corrected chi connectivity index (χ3v) is 2.35. The molecule has 5 heteroatoms. The number of anilines is 2. The number of aromatic nitrogens is 1. The number of methoxy groups -OCH3 is 1. The Morgan fingerprint density at radius 2 is 2.18 bits per heavy atom. The van der Waals surface area contributed by atoms with Crippen molar-refractivity contribution < 1.29 is 9.84 Å². The number of nitrogens with two attached hydrogens (primary N) is 1. The van der Waals surface area contributed by atoms with Crippen molar-refractivity contribution in [3.8, 4) is 5.88 Å². The Balaban J connectivity index is 2.52. The van der Waals surface area contributed by atoms with Crippen LogP contribution in [-0.2, 0) is 0 Å². The van der Waals surface area contributed by atoms with Crippen LogP contribution in [0.5, 0.6) is 5.88 Å². The van der Waals surface area contributed by atoms with E-state index in [-0.39, 0.29) is 6.10 Å². The number of nitrogen functional groups attached to an aromatic ring is 1. The van der Waals surface area contributed by atoms with Crippen molar-refractivity contribution in [1.29, 1.82) is 0 Å². The molecule has 0 bridgehead atoms. The molecule has 1 unspecified atom stereocenters. The van der Waals surface area contributed by atoms with Gasteiger partial charge in [-0.25, -0.2) is 0 Å². The molecular formula is C12H21N3O2. The fourth-order valence-corrected chi connectivity index (χ4v) is 1.56. The van der Waals surface area contributed by atoms with Crippen LogP contribution in [0.1, 0.15) is 20.3 Å². The van der Waals surface area contributed by atoms with E-state index in [4.69, 9.17) is 10.5 Å². The molecule has 1 aromatic rings. The maximum atomic E-state index is 9.72. The highest BCUT2D eigenvalue weighted by Crippen LogP contribution is 2.20. The number of ether oxygens (including phenoxy) is 1. The first kappa shape index (κ1) is 13.6. The summed E-state index contributed by atoms with van der Waals surface area (Å²) in [6.07, 6.45) is 0.388. The molecule has 17 heavy (non-hydrogen) atoms. The van der Waals surface area contributed by atoms with E-state index in [1.54, 1.807) is 12.1 Å². The minimum atomic E-state index is -0.375. The predicted molar refractivity (Wildman–Crippen MR) is 69.2 cm³/mol. The molecule has 1 rings (SSSR count). The molecular weight excluding hydrogens is 218 g/mol. The van der Waals surface area contributed by atoms with E-state index in [1.165, 1.54) is 7.11 Å². The lowest BCUT2D eigenvalue weighted by Crippen LogP contribution is -2.21. The molecule has 0 aromatic carbocycles. The molecule has 96 valence electrons. The van der Waals surface area contributed by atoms with Gasteiger partial charge in [0.15, 0.2) is 0 Å². The van der Waals surface area contributed by atoms with Crippen LogP contribution in [-0.4, -0.2) is 29.8 Å². The number of nitrogens with zero attached hydrogens (tertiary/aromatic N) is 1. The molecule has 0 amide bonds. The molecule has 1 heterocycles. The SMILES string of the molecule is COc1nc(NCC(O)CC(C)C)ccc1N. The molecule has 0 aliphatic rings. The van der Waals surface area contributed by atoms with Gasteiger partial charge in [-0.1, -0.05) is 13.8 Å². The Kier molecular flexibility index (Phi) is 5.03. The Morgan fingerprint density at radius 1 is 1.47 bits per heavy atom. The molecule has 0 aliphatic carbocycles. The van der Waals surface area contributed by atoms with Crippen molar-refractivity contribution in [2.24, 2.45) is 5.92 Å². The minimum absolute atomic E-state index is 0.375. The van der Waals surface area contributed by atoms with Gasteiger partial charge in [-0.15, -0.1) is 0 Å². The summed E-state index contributed by atoms with van der Waals surface area (Å²) in [5.74, 6) is 1.52. The second kappa shape index (κ2) is 6.30. The van der Waals surface area contributed by atoms with Gasteiger partial charge in [0, 0.05) is 6.54 Å². The number of rotatable bonds is 6. The highest BCUT2D eigenvalue weighted by molar-refractivity contribution is 5.53. The van der Waals surface area contributed by atoms with Crippen LogP contribution in [0, 0.1) is 5.92 Å². The molecule has 1 aromatic heterocycles. The highest BCUT2D eigenvalue weighted by atomic mass is 16.5. The summed E-state index contributed by atoms with van der Waals surface area (Å²) in [6, 6.07) is 3.49. The van der Waals surface area contributed by atoms with Crippen LogP contribution < -0.4 is 15.8 Å². The summed E-state index contributed by atoms with van der Waals surface area (Å²) in [7, 11) is 1.52. The van der Waals surface area contributed by atoms with E-state index in [1.807, 2.05) is 0 Å². The van der Waals surface area contributed by atoms with Gasteiger partial charge in [-0.2, -0.15) is 4.98 Å². The zero-order valence-corrected chi connectivity index (χ0v) is 10.6. The lowest BCUT2D eigenvalue weighted by atomic mass is 10.1. The third kappa shape index (κ3) is 4.48. The normalized spacial score (nSPS) is 12.5. The van der Waals surface area contributed by atoms with Crippen LogP contribution >= 0.6 is 0 Å². The zero-order valence-electron chi connectivity index (χ0n) is 10.6. The quantitative estimate of drug-likeness (QED) is 0.701. The molecule has 4 N–H and O–H groups in total. The minimum Gasteiger partial charge on any atom is -0.479 e. The van der Waals surface area contributed by atoms with Gasteiger partial charge in [0.1, 0.15) is 5.82 Å².